The van der Waals surface area contributed by atoms with Crippen LogP contribution in [0.15, 0.2) is 12.7 Å². The molecule has 0 fully saturated rings. The molecular formula is C16H32. The van der Waals surface area contributed by atoms with Crippen molar-refractivity contribution in [1.82, 2.24) is 0 Å². The largest absolute Gasteiger partial charge is 0.103 e. The molecule has 0 amide bonds. The summed E-state index contributed by atoms with van der Waals surface area (Å²) in [5.74, 6) is 0. The molecule has 0 aromatic carbocycles. The Morgan fingerprint density at radius 3 is 1.62 bits per heavy atom. The third-order valence-corrected chi connectivity index (χ3v) is 3.09. The van der Waals surface area contributed by atoms with E-state index in [-0.39, 0.29) is 0 Å². The van der Waals surface area contributed by atoms with Gasteiger partial charge in [-0.15, -0.1) is 6.58 Å². The average Bonchev–Trinajstić information content (AvgIpc) is 2.19. The predicted molar refractivity (Wildman–Crippen MR) is 75.8 cm³/mol. The molecule has 0 rings (SSSR count). The Balaban J connectivity index is 3.01. The first kappa shape index (κ1) is 15.7. The Hall–Kier alpha value is -0.260. The predicted octanol–water partition coefficient (Wildman–Crippen LogP) is 6.12. The number of rotatable bonds is 10. The Morgan fingerprint density at radius 2 is 1.19 bits per heavy atom. The summed E-state index contributed by atoms with van der Waals surface area (Å²) in [5, 5.41) is 0. The molecule has 0 aliphatic heterocycles. The standard InChI is InChI=1S/C16H32/c1-5-6-7-8-9-10-11-12-13-14-15-16(2,3)4/h5H,1,6-15H2,2-4H3. The molecule has 0 aromatic rings. The van der Waals surface area contributed by atoms with Crippen LogP contribution in [-0.4, -0.2) is 0 Å². The third-order valence-electron chi connectivity index (χ3n) is 3.09. The van der Waals surface area contributed by atoms with E-state index in [0.717, 1.165) is 0 Å². The summed E-state index contributed by atoms with van der Waals surface area (Å²) in [4.78, 5) is 0. The van der Waals surface area contributed by atoms with Crippen molar-refractivity contribution >= 4 is 0 Å². The van der Waals surface area contributed by atoms with Crippen LogP contribution in [0.1, 0.15) is 85.0 Å². The molecule has 0 unspecified atom stereocenters. The molecule has 0 saturated heterocycles. The highest BCUT2D eigenvalue weighted by molar-refractivity contribution is 4.65. The second kappa shape index (κ2) is 9.93. The second-order valence-electron chi connectivity index (χ2n) is 6.22. The Bertz CT molecular complexity index is 150. The lowest BCUT2D eigenvalue weighted by atomic mass is 9.89. The van der Waals surface area contributed by atoms with Gasteiger partial charge in [0, 0.05) is 0 Å². The minimum Gasteiger partial charge on any atom is -0.103 e. The fourth-order valence-corrected chi connectivity index (χ4v) is 2.00. The van der Waals surface area contributed by atoms with Crippen LogP contribution >= 0.6 is 0 Å². The highest BCUT2D eigenvalue weighted by Crippen LogP contribution is 2.22. The maximum Gasteiger partial charge on any atom is -0.0353 e. The van der Waals surface area contributed by atoms with Crippen LogP contribution in [0, 0.1) is 5.41 Å². The molecule has 0 heterocycles. The molecule has 0 atom stereocenters. The first-order chi connectivity index (χ1) is 7.56. The maximum atomic E-state index is 3.75. The molecular weight excluding hydrogens is 192 g/mol. The first-order valence-electron chi connectivity index (χ1n) is 7.17. The topological polar surface area (TPSA) is 0 Å². The summed E-state index contributed by atoms with van der Waals surface area (Å²) in [6.07, 6.45) is 15.9. The normalized spacial score (nSPS) is 11.7. The van der Waals surface area contributed by atoms with E-state index in [4.69, 9.17) is 0 Å². The van der Waals surface area contributed by atoms with Crippen molar-refractivity contribution in [3.63, 3.8) is 0 Å². The number of hydrogen-bond acceptors (Lipinski definition) is 0. The van der Waals surface area contributed by atoms with Crippen LogP contribution in [0.2, 0.25) is 0 Å². The van der Waals surface area contributed by atoms with E-state index in [2.05, 4.69) is 27.4 Å². The van der Waals surface area contributed by atoms with Gasteiger partial charge in [-0.25, -0.2) is 0 Å². The van der Waals surface area contributed by atoms with Crippen molar-refractivity contribution in [1.29, 1.82) is 0 Å². The molecule has 0 heteroatoms. The fourth-order valence-electron chi connectivity index (χ4n) is 2.00. The summed E-state index contributed by atoms with van der Waals surface area (Å²) in [5.41, 5.74) is 0.532. The van der Waals surface area contributed by atoms with Crippen LogP contribution in [0.3, 0.4) is 0 Å². The number of allylic oxidation sites excluding steroid dienone is 1. The summed E-state index contributed by atoms with van der Waals surface area (Å²) >= 11 is 0. The van der Waals surface area contributed by atoms with Gasteiger partial charge >= 0.3 is 0 Å². The molecule has 0 aliphatic rings. The smallest absolute Gasteiger partial charge is 0.0353 e. The molecule has 0 nitrogen and oxygen atoms in total. The molecule has 0 N–H and O–H groups in total. The van der Waals surface area contributed by atoms with Crippen molar-refractivity contribution in [2.24, 2.45) is 5.41 Å². The molecule has 0 radical (unpaired) electrons. The van der Waals surface area contributed by atoms with E-state index < -0.39 is 0 Å². The minimum absolute atomic E-state index is 0.532. The zero-order valence-electron chi connectivity index (χ0n) is 11.9. The summed E-state index contributed by atoms with van der Waals surface area (Å²) in [6, 6.07) is 0. The molecule has 96 valence electrons. The van der Waals surface area contributed by atoms with Gasteiger partial charge in [0.25, 0.3) is 0 Å². The monoisotopic (exact) mass is 224 g/mol. The van der Waals surface area contributed by atoms with Crippen LogP contribution in [0.5, 0.6) is 0 Å². The van der Waals surface area contributed by atoms with Gasteiger partial charge in [0.05, 0.1) is 0 Å². The van der Waals surface area contributed by atoms with Gasteiger partial charge in [-0.05, 0) is 24.7 Å². The molecule has 16 heavy (non-hydrogen) atoms. The lowest BCUT2D eigenvalue weighted by Gasteiger charge is -2.17. The fraction of sp³-hybridized carbons (Fsp3) is 0.875. The lowest BCUT2D eigenvalue weighted by molar-refractivity contribution is 0.356. The van der Waals surface area contributed by atoms with E-state index in [1.165, 1.54) is 64.2 Å². The zero-order valence-corrected chi connectivity index (χ0v) is 11.9. The van der Waals surface area contributed by atoms with Gasteiger partial charge in [-0.3, -0.25) is 0 Å². The van der Waals surface area contributed by atoms with Crippen LogP contribution in [0.4, 0.5) is 0 Å². The molecule has 0 spiro atoms. The van der Waals surface area contributed by atoms with E-state index in [1.807, 2.05) is 6.08 Å². The van der Waals surface area contributed by atoms with Gasteiger partial charge in [0.2, 0.25) is 0 Å². The molecule has 0 saturated carbocycles. The average molecular weight is 224 g/mol. The Labute approximate surface area is 104 Å². The molecule has 0 aliphatic carbocycles. The summed E-state index contributed by atoms with van der Waals surface area (Å²) < 4.78 is 0. The van der Waals surface area contributed by atoms with E-state index in [9.17, 15) is 0 Å². The zero-order chi connectivity index (χ0) is 12.3. The van der Waals surface area contributed by atoms with Gasteiger partial charge in [-0.1, -0.05) is 71.8 Å². The number of unbranched alkanes of at least 4 members (excludes halogenated alkanes) is 8. The minimum atomic E-state index is 0.532. The SMILES string of the molecule is C=CCCCCCCCCCCC(C)(C)C. The van der Waals surface area contributed by atoms with E-state index in [0.29, 0.717) is 5.41 Å². The van der Waals surface area contributed by atoms with Crippen LogP contribution < -0.4 is 0 Å². The quantitative estimate of drug-likeness (QED) is 0.310. The van der Waals surface area contributed by atoms with Crippen LogP contribution in [-0.2, 0) is 0 Å². The van der Waals surface area contributed by atoms with Gasteiger partial charge in [0.1, 0.15) is 0 Å². The van der Waals surface area contributed by atoms with E-state index >= 15 is 0 Å². The molecule has 0 aromatic heterocycles. The maximum absolute atomic E-state index is 3.75. The van der Waals surface area contributed by atoms with Crippen molar-refractivity contribution in [2.45, 2.75) is 85.0 Å². The summed E-state index contributed by atoms with van der Waals surface area (Å²) in [6.45, 7) is 10.8. The Morgan fingerprint density at radius 1 is 0.750 bits per heavy atom. The van der Waals surface area contributed by atoms with E-state index in [1.54, 1.807) is 0 Å². The summed E-state index contributed by atoms with van der Waals surface area (Å²) in [7, 11) is 0. The van der Waals surface area contributed by atoms with Gasteiger partial charge in [0.15, 0.2) is 0 Å². The van der Waals surface area contributed by atoms with Gasteiger partial charge < -0.3 is 0 Å². The number of hydrogen-bond donors (Lipinski definition) is 0. The highest BCUT2D eigenvalue weighted by atomic mass is 14.1. The molecule has 0 bridgehead atoms. The lowest BCUT2D eigenvalue weighted by Crippen LogP contribution is -2.03. The van der Waals surface area contributed by atoms with Crippen molar-refractivity contribution < 1.29 is 0 Å². The Kier molecular flexibility index (Phi) is 9.77. The van der Waals surface area contributed by atoms with Gasteiger partial charge in [-0.2, -0.15) is 0 Å². The first-order valence-corrected chi connectivity index (χ1v) is 7.17. The van der Waals surface area contributed by atoms with Crippen LogP contribution in [0.25, 0.3) is 0 Å². The van der Waals surface area contributed by atoms with Crippen molar-refractivity contribution in [2.75, 3.05) is 0 Å². The van der Waals surface area contributed by atoms with Crippen molar-refractivity contribution in [3.05, 3.63) is 12.7 Å². The highest BCUT2D eigenvalue weighted by Gasteiger charge is 2.08. The third kappa shape index (κ3) is 13.7. The van der Waals surface area contributed by atoms with Crippen molar-refractivity contribution in [3.8, 4) is 0 Å². The second-order valence-corrected chi connectivity index (χ2v) is 6.22.